The SMILES string of the molecule is Cc1cccc(C(=O)O)c1-c1ccc(C(F)(F)F)cc1.[Cl-]. The summed E-state index contributed by atoms with van der Waals surface area (Å²) in [5, 5.41) is 9.16. The molecule has 2 rings (SSSR count). The molecule has 0 unspecified atom stereocenters. The highest BCUT2D eigenvalue weighted by Gasteiger charge is 2.30. The molecule has 0 aromatic heterocycles. The van der Waals surface area contributed by atoms with E-state index >= 15 is 0 Å². The van der Waals surface area contributed by atoms with E-state index in [0.717, 1.165) is 12.1 Å². The molecule has 2 aromatic rings. The van der Waals surface area contributed by atoms with E-state index in [9.17, 15) is 18.0 Å². The summed E-state index contributed by atoms with van der Waals surface area (Å²) < 4.78 is 37.5. The van der Waals surface area contributed by atoms with Crippen molar-refractivity contribution in [3.63, 3.8) is 0 Å². The zero-order chi connectivity index (χ0) is 14.9. The Kier molecular flexibility index (Phi) is 5.01. The smallest absolute Gasteiger partial charge is 0.416 e. The molecular weight excluding hydrogens is 305 g/mol. The zero-order valence-corrected chi connectivity index (χ0v) is 11.7. The zero-order valence-electron chi connectivity index (χ0n) is 10.9. The molecule has 0 radical (unpaired) electrons. The molecule has 0 saturated heterocycles. The van der Waals surface area contributed by atoms with Crippen molar-refractivity contribution >= 4 is 5.97 Å². The summed E-state index contributed by atoms with van der Waals surface area (Å²) in [6, 6.07) is 9.24. The van der Waals surface area contributed by atoms with Gasteiger partial charge in [-0.25, -0.2) is 4.79 Å². The van der Waals surface area contributed by atoms with Gasteiger partial charge >= 0.3 is 12.1 Å². The maximum absolute atomic E-state index is 12.5. The van der Waals surface area contributed by atoms with Crippen LogP contribution in [0.15, 0.2) is 42.5 Å². The third-order valence-corrected chi connectivity index (χ3v) is 3.00. The molecule has 1 N–H and O–H groups in total. The van der Waals surface area contributed by atoms with E-state index in [1.807, 2.05) is 0 Å². The molecule has 0 aliphatic carbocycles. The number of carboxylic acid groups (broad SMARTS) is 1. The fourth-order valence-corrected chi connectivity index (χ4v) is 2.06. The number of aryl methyl sites for hydroxylation is 1. The molecule has 21 heavy (non-hydrogen) atoms. The Bertz CT molecular complexity index is 649. The molecule has 2 nitrogen and oxygen atoms in total. The van der Waals surface area contributed by atoms with E-state index in [2.05, 4.69) is 0 Å². The van der Waals surface area contributed by atoms with Crippen molar-refractivity contribution < 1.29 is 35.5 Å². The van der Waals surface area contributed by atoms with Gasteiger partial charge in [-0.15, -0.1) is 0 Å². The van der Waals surface area contributed by atoms with Gasteiger partial charge in [0.1, 0.15) is 0 Å². The first-order valence-corrected chi connectivity index (χ1v) is 5.81. The first kappa shape index (κ1) is 17.0. The third-order valence-electron chi connectivity index (χ3n) is 3.00. The van der Waals surface area contributed by atoms with E-state index < -0.39 is 17.7 Å². The average molecular weight is 316 g/mol. The molecule has 2 aromatic carbocycles. The van der Waals surface area contributed by atoms with E-state index in [0.29, 0.717) is 16.7 Å². The summed E-state index contributed by atoms with van der Waals surface area (Å²) in [5.41, 5.74) is 0.906. The minimum Gasteiger partial charge on any atom is -1.00 e. The monoisotopic (exact) mass is 315 g/mol. The van der Waals surface area contributed by atoms with Crippen molar-refractivity contribution in [2.24, 2.45) is 0 Å². The number of hydrogen-bond donors (Lipinski definition) is 1. The van der Waals surface area contributed by atoms with Gasteiger partial charge in [-0.3, -0.25) is 0 Å². The highest BCUT2D eigenvalue weighted by atomic mass is 35.5. The highest BCUT2D eigenvalue weighted by Crippen LogP contribution is 2.33. The lowest BCUT2D eigenvalue weighted by Gasteiger charge is -2.12. The first-order valence-electron chi connectivity index (χ1n) is 5.81. The van der Waals surface area contributed by atoms with Crippen LogP contribution < -0.4 is 12.4 Å². The van der Waals surface area contributed by atoms with Gasteiger partial charge < -0.3 is 17.5 Å². The standard InChI is InChI=1S/C15H11F3O2.ClH/c1-9-3-2-4-12(14(19)20)13(9)10-5-7-11(8-6-10)15(16,17)18;/h2-8H,1H3,(H,19,20);1H/p-1. The molecular formula is C15H11ClF3O2-. The summed E-state index contributed by atoms with van der Waals surface area (Å²) in [4.78, 5) is 11.2. The lowest BCUT2D eigenvalue weighted by Crippen LogP contribution is -3.00. The van der Waals surface area contributed by atoms with Crippen molar-refractivity contribution in [3.05, 3.63) is 59.2 Å². The van der Waals surface area contributed by atoms with Crippen LogP contribution in [0.1, 0.15) is 21.5 Å². The average Bonchev–Trinajstić information content (AvgIpc) is 2.37. The molecule has 6 heteroatoms. The number of rotatable bonds is 2. The molecule has 0 bridgehead atoms. The predicted molar refractivity (Wildman–Crippen MR) is 68.6 cm³/mol. The van der Waals surface area contributed by atoms with Crippen molar-refractivity contribution in [2.75, 3.05) is 0 Å². The molecule has 0 saturated carbocycles. The summed E-state index contributed by atoms with van der Waals surface area (Å²) in [5.74, 6) is -1.11. The Hall–Kier alpha value is -2.01. The van der Waals surface area contributed by atoms with E-state index in [4.69, 9.17) is 5.11 Å². The Balaban J connectivity index is 0.00000220. The second-order valence-corrected chi connectivity index (χ2v) is 4.38. The van der Waals surface area contributed by atoms with Crippen LogP contribution in [0.4, 0.5) is 13.2 Å². The van der Waals surface area contributed by atoms with Crippen LogP contribution >= 0.6 is 0 Å². The second-order valence-electron chi connectivity index (χ2n) is 4.38. The highest BCUT2D eigenvalue weighted by molar-refractivity contribution is 5.97. The Morgan fingerprint density at radius 2 is 1.62 bits per heavy atom. The lowest BCUT2D eigenvalue weighted by atomic mass is 9.94. The van der Waals surface area contributed by atoms with Crippen LogP contribution in [-0.2, 0) is 6.18 Å². The maximum Gasteiger partial charge on any atom is 0.416 e. The minimum absolute atomic E-state index is 0. The maximum atomic E-state index is 12.5. The number of halogens is 4. The fraction of sp³-hybridized carbons (Fsp3) is 0.133. The van der Waals surface area contributed by atoms with E-state index in [1.54, 1.807) is 19.1 Å². The third kappa shape index (κ3) is 3.55. The van der Waals surface area contributed by atoms with Crippen molar-refractivity contribution in [2.45, 2.75) is 13.1 Å². The van der Waals surface area contributed by atoms with Gasteiger partial charge in [-0.05, 0) is 41.8 Å². The topological polar surface area (TPSA) is 37.3 Å². The molecule has 0 fully saturated rings. The number of carboxylic acids is 1. The van der Waals surface area contributed by atoms with Gasteiger partial charge in [0.05, 0.1) is 11.1 Å². The number of alkyl halides is 3. The minimum atomic E-state index is -4.40. The van der Waals surface area contributed by atoms with Gasteiger partial charge in [-0.1, -0.05) is 24.3 Å². The molecule has 112 valence electrons. The summed E-state index contributed by atoms with van der Waals surface area (Å²) in [7, 11) is 0. The molecule has 0 spiro atoms. The Morgan fingerprint density at radius 1 is 1.05 bits per heavy atom. The quantitative estimate of drug-likeness (QED) is 0.909. The van der Waals surface area contributed by atoms with E-state index in [-0.39, 0.29) is 18.0 Å². The largest absolute Gasteiger partial charge is 1.00 e. The molecule has 0 amide bonds. The van der Waals surface area contributed by atoms with Gasteiger partial charge in [0.25, 0.3) is 0 Å². The first-order chi connectivity index (χ1) is 9.30. The van der Waals surface area contributed by atoms with Gasteiger partial charge in [0.2, 0.25) is 0 Å². The fourth-order valence-electron chi connectivity index (χ4n) is 2.06. The number of benzene rings is 2. The van der Waals surface area contributed by atoms with Gasteiger partial charge in [0, 0.05) is 0 Å². The van der Waals surface area contributed by atoms with Crippen LogP contribution in [0.3, 0.4) is 0 Å². The second kappa shape index (κ2) is 6.18. The number of carbonyl (C=O) groups is 1. The lowest BCUT2D eigenvalue weighted by molar-refractivity contribution is -0.137. The molecule has 0 aliphatic rings. The molecule has 0 heterocycles. The molecule has 0 atom stereocenters. The number of aromatic carboxylic acids is 1. The van der Waals surface area contributed by atoms with Crippen LogP contribution in [0, 0.1) is 6.92 Å². The van der Waals surface area contributed by atoms with Crippen molar-refractivity contribution in [1.29, 1.82) is 0 Å². The summed E-state index contributed by atoms with van der Waals surface area (Å²) >= 11 is 0. The van der Waals surface area contributed by atoms with Crippen LogP contribution in [0.2, 0.25) is 0 Å². The molecule has 0 aliphatic heterocycles. The van der Waals surface area contributed by atoms with Gasteiger partial charge in [0.15, 0.2) is 0 Å². The predicted octanol–water partition coefficient (Wildman–Crippen LogP) is 1.38. The summed E-state index contributed by atoms with van der Waals surface area (Å²) in [6.07, 6.45) is -4.40. The van der Waals surface area contributed by atoms with Gasteiger partial charge in [-0.2, -0.15) is 13.2 Å². The summed E-state index contributed by atoms with van der Waals surface area (Å²) in [6.45, 7) is 1.72. The Labute approximate surface area is 125 Å². The van der Waals surface area contributed by atoms with Crippen LogP contribution in [-0.4, -0.2) is 11.1 Å². The number of hydrogen-bond acceptors (Lipinski definition) is 1. The van der Waals surface area contributed by atoms with E-state index in [1.165, 1.54) is 18.2 Å². The van der Waals surface area contributed by atoms with Crippen molar-refractivity contribution in [1.82, 2.24) is 0 Å². The van der Waals surface area contributed by atoms with Crippen molar-refractivity contribution in [3.8, 4) is 11.1 Å². The Morgan fingerprint density at radius 3 is 2.10 bits per heavy atom. The van der Waals surface area contributed by atoms with Crippen LogP contribution in [0.25, 0.3) is 11.1 Å². The normalized spacial score (nSPS) is 10.9. The van der Waals surface area contributed by atoms with Crippen LogP contribution in [0.5, 0.6) is 0 Å².